The van der Waals surface area contributed by atoms with Crippen molar-refractivity contribution in [2.45, 2.75) is 26.8 Å². The molecule has 0 aliphatic carbocycles. The van der Waals surface area contributed by atoms with Crippen molar-refractivity contribution in [1.82, 2.24) is 10.3 Å². The van der Waals surface area contributed by atoms with Crippen molar-refractivity contribution in [3.05, 3.63) is 52.7 Å². The molecule has 2 amide bonds. The molecule has 7 heteroatoms. The molecule has 2 N–H and O–H groups in total. The summed E-state index contributed by atoms with van der Waals surface area (Å²) >= 11 is 6.15. The van der Waals surface area contributed by atoms with E-state index in [1.807, 2.05) is 20.8 Å². The molecule has 0 saturated heterocycles. The molecule has 2 rings (SSSR count). The van der Waals surface area contributed by atoms with E-state index in [0.29, 0.717) is 22.9 Å². The van der Waals surface area contributed by atoms with Crippen molar-refractivity contribution in [2.24, 2.45) is 0 Å². The topological polar surface area (TPSA) is 80.3 Å². The van der Waals surface area contributed by atoms with E-state index in [-0.39, 0.29) is 23.4 Å². The molecule has 0 unspecified atom stereocenters. The van der Waals surface area contributed by atoms with E-state index >= 15 is 0 Å². The van der Waals surface area contributed by atoms with Crippen molar-refractivity contribution in [3.63, 3.8) is 0 Å². The monoisotopic (exact) mass is 361 g/mol. The second kappa shape index (κ2) is 8.48. The second-order valence-electron chi connectivity index (χ2n) is 5.57. The van der Waals surface area contributed by atoms with Gasteiger partial charge in [0.1, 0.15) is 5.56 Å². The first kappa shape index (κ1) is 18.7. The normalized spacial score (nSPS) is 10.4. The molecule has 132 valence electrons. The Kier molecular flexibility index (Phi) is 6.36. The van der Waals surface area contributed by atoms with E-state index in [9.17, 15) is 9.59 Å². The number of carbonyl (C=O) groups excluding carboxylic acids is 2. The van der Waals surface area contributed by atoms with Crippen LogP contribution in [-0.4, -0.2) is 29.4 Å². The SMILES string of the molecule is CCOc1ncccc1C(=O)Nc1cc(C(=O)NC(C)C)ccc1Cl. The van der Waals surface area contributed by atoms with Crippen LogP contribution >= 0.6 is 11.6 Å². The average Bonchev–Trinajstić information content (AvgIpc) is 2.57. The van der Waals surface area contributed by atoms with Crippen molar-refractivity contribution in [1.29, 1.82) is 0 Å². The maximum Gasteiger partial charge on any atom is 0.261 e. The van der Waals surface area contributed by atoms with Gasteiger partial charge in [0.25, 0.3) is 11.8 Å². The molecule has 0 aliphatic rings. The van der Waals surface area contributed by atoms with Gasteiger partial charge >= 0.3 is 0 Å². The lowest BCUT2D eigenvalue weighted by molar-refractivity contribution is 0.0941. The fraction of sp³-hybridized carbons (Fsp3) is 0.278. The highest BCUT2D eigenvalue weighted by Crippen LogP contribution is 2.25. The van der Waals surface area contributed by atoms with Crippen LogP contribution in [0.1, 0.15) is 41.5 Å². The van der Waals surface area contributed by atoms with Crippen molar-refractivity contribution in [3.8, 4) is 5.88 Å². The molecular formula is C18H20ClN3O3. The van der Waals surface area contributed by atoms with Gasteiger partial charge in [-0.2, -0.15) is 0 Å². The number of nitrogens with one attached hydrogen (secondary N) is 2. The summed E-state index contributed by atoms with van der Waals surface area (Å²) in [5.74, 6) is -0.411. The lowest BCUT2D eigenvalue weighted by Crippen LogP contribution is -2.30. The number of hydrogen-bond acceptors (Lipinski definition) is 4. The summed E-state index contributed by atoms with van der Waals surface area (Å²) in [5.41, 5.74) is 1.04. The van der Waals surface area contributed by atoms with E-state index in [2.05, 4.69) is 15.6 Å². The molecule has 1 heterocycles. The summed E-state index contributed by atoms with van der Waals surface area (Å²) in [7, 11) is 0. The summed E-state index contributed by atoms with van der Waals surface area (Å²) < 4.78 is 5.36. The third-order valence-electron chi connectivity index (χ3n) is 3.19. The van der Waals surface area contributed by atoms with Gasteiger partial charge in [-0.1, -0.05) is 11.6 Å². The fourth-order valence-electron chi connectivity index (χ4n) is 2.11. The minimum absolute atomic E-state index is 0.00497. The fourth-order valence-corrected chi connectivity index (χ4v) is 2.28. The second-order valence-corrected chi connectivity index (χ2v) is 5.97. The van der Waals surface area contributed by atoms with Crippen LogP contribution in [0.4, 0.5) is 5.69 Å². The summed E-state index contributed by atoms with van der Waals surface area (Å²) in [6.45, 7) is 5.94. The third kappa shape index (κ3) is 4.93. The van der Waals surface area contributed by atoms with Gasteiger partial charge in [0.15, 0.2) is 0 Å². The standard InChI is InChI=1S/C18H20ClN3O3/c1-4-25-18-13(6-5-9-20-18)17(24)22-15-10-12(7-8-14(15)19)16(23)21-11(2)3/h5-11H,4H2,1-3H3,(H,21,23)(H,22,24). The maximum absolute atomic E-state index is 12.5. The zero-order valence-corrected chi connectivity index (χ0v) is 15.1. The maximum atomic E-state index is 12.5. The van der Waals surface area contributed by atoms with Crippen molar-refractivity contribution < 1.29 is 14.3 Å². The number of aromatic nitrogens is 1. The molecule has 0 radical (unpaired) electrons. The number of amides is 2. The quantitative estimate of drug-likeness (QED) is 0.824. The number of halogens is 1. The lowest BCUT2D eigenvalue weighted by Gasteiger charge is -2.12. The number of carbonyl (C=O) groups is 2. The van der Waals surface area contributed by atoms with Crippen LogP contribution < -0.4 is 15.4 Å². The first-order valence-corrected chi connectivity index (χ1v) is 8.29. The van der Waals surface area contributed by atoms with Crippen LogP contribution in [0.3, 0.4) is 0 Å². The molecule has 2 aromatic rings. The summed E-state index contributed by atoms with van der Waals surface area (Å²) in [6, 6.07) is 7.96. The van der Waals surface area contributed by atoms with Crippen LogP contribution in [0.5, 0.6) is 5.88 Å². The zero-order valence-electron chi connectivity index (χ0n) is 14.3. The average molecular weight is 362 g/mol. The molecule has 0 saturated carbocycles. The van der Waals surface area contributed by atoms with Gasteiger partial charge in [0.05, 0.1) is 17.3 Å². The van der Waals surface area contributed by atoms with E-state index in [1.54, 1.807) is 30.5 Å². The molecule has 6 nitrogen and oxygen atoms in total. The van der Waals surface area contributed by atoms with Crippen LogP contribution in [0.2, 0.25) is 5.02 Å². The van der Waals surface area contributed by atoms with Gasteiger partial charge in [-0.25, -0.2) is 4.98 Å². The zero-order chi connectivity index (χ0) is 18.4. The summed E-state index contributed by atoms with van der Waals surface area (Å²) in [6.07, 6.45) is 1.55. The number of ether oxygens (including phenoxy) is 1. The number of benzene rings is 1. The van der Waals surface area contributed by atoms with Gasteiger partial charge < -0.3 is 15.4 Å². The number of hydrogen-bond donors (Lipinski definition) is 2. The van der Waals surface area contributed by atoms with Gasteiger partial charge in [0, 0.05) is 17.8 Å². The molecule has 0 bridgehead atoms. The molecule has 1 aromatic heterocycles. The first-order valence-electron chi connectivity index (χ1n) is 7.92. The minimum atomic E-state index is -0.417. The van der Waals surface area contributed by atoms with Crippen LogP contribution in [0.15, 0.2) is 36.5 Å². The third-order valence-corrected chi connectivity index (χ3v) is 3.52. The lowest BCUT2D eigenvalue weighted by atomic mass is 10.1. The Hall–Kier alpha value is -2.60. The summed E-state index contributed by atoms with van der Waals surface area (Å²) in [4.78, 5) is 28.7. The van der Waals surface area contributed by atoms with Crippen molar-refractivity contribution >= 4 is 29.1 Å². The highest BCUT2D eigenvalue weighted by atomic mass is 35.5. The van der Waals surface area contributed by atoms with Gasteiger partial charge in [0.2, 0.25) is 5.88 Å². The number of nitrogens with zero attached hydrogens (tertiary/aromatic N) is 1. The molecule has 25 heavy (non-hydrogen) atoms. The highest BCUT2D eigenvalue weighted by Gasteiger charge is 2.16. The Bertz CT molecular complexity index is 778. The molecule has 0 aliphatic heterocycles. The predicted octanol–water partition coefficient (Wildman–Crippen LogP) is 3.52. The van der Waals surface area contributed by atoms with Crippen molar-refractivity contribution in [2.75, 3.05) is 11.9 Å². The number of rotatable bonds is 6. The van der Waals surface area contributed by atoms with Crippen LogP contribution in [-0.2, 0) is 0 Å². The summed E-state index contributed by atoms with van der Waals surface area (Å²) in [5, 5.41) is 5.82. The van der Waals surface area contributed by atoms with Gasteiger partial charge in [-0.3, -0.25) is 9.59 Å². The molecular weight excluding hydrogens is 342 g/mol. The Morgan fingerprint density at radius 2 is 2.00 bits per heavy atom. The van der Waals surface area contributed by atoms with E-state index in [1.165, 1.54) is 6.07 Å². The Morgan fingerprint density at radius 1 is 1.24 bits per heavy atom. The molecule has 0 fully saturated rings. The predicted molar refractivity (Wildman–Crippen MR) is 97.4 cm³/mol. The van der Waals surface area contributed by atoms with Gasteiger partial charge in [-0.05, 0) is 51.1 Å². The van der Waals surface area contributed by atoms with E-state index in [4.69, 9.17) is 16.3 Å². The first-order chi connectivity index (χ1) is 11.9. The molecule has 0 spiro atoms. The smallest absolute Gasteiger partial charge is 0.261 e. The highest BCUT2D eigenvalue weighted by molar-refractivity contribution is 6.34. The molecule has 0 atom stereocenters. The Morgan fingerprint density at radius 3 is 2.68 bits per heavy atom. The number of anilines is 1. The van der Waals surface area contributed by atoms with E-state index in [0.717, 1.165) is 0 Å². The Balaban J connectivity index is 2.25. The largest absolute Gasteiger partial charge is 0.477 e. The van der Waals surface area contributed by atoms with E-state index < -0.39 is 5.91 Å². The Labute approximate surface area is 151 Å². The number of pyridine rings is 1. The minimum Gasteiger partial charge on any atom is -0.477 e. The molecule has 1 aromatic carbocycles. The van der Waals surface area contributed by atoms with Gasteiger partial charge in [-0.15, -0.1) is 0 Å². The van der Waals surface area contributed by atoms with Crippen LogP contribution in [0, 0.1) is 0 Å². The van der Waals surface area contributed by atoms with Crippen LogP contribution in [0.25, 0.3) is 0 Å².